The number of hydrogen-bond acceptors (Lipinski definition) is 2. The standard InChI is InChI=1S/C14H22N2O/c1-6-16(5)10-15-13-8-12(4)14(17-7-2)9-11(13)3/h8-10H,6-7H2,1-5H3/b15-10+. The van der Waals surface area contributed by atoms with Crippen LogP contribution in [0.4, 0.5) is 5.69 Å². The molecule has 3 heteroatoms. The highest BCUT2D eigenvalue weighted by Gasteiger charge is 2.04. The number of aryl methyl sites for hydroxylation is 2. The van der Waals surface area contributed by atoms with E-state index in [2.05, 4.69) is 31.0 Å². The van der Waals surface area contributed by atoms with Crippen molar-refractivity contribution in [2.75, 3.05) is 20.2 Å². The fourth-order valence-electron chi connectivity index (χ4n) is 1.47. The van der Waals surface area contributed by atoms with E-state index in [0.717, 1.165) is 29.1 Å². The molecule has 1 rings (SSSR count). The van der Waals surface area contributed by atoms with Gasteiger partial charge >= 0.3 is 0 Å². The zero-order chi connectivity index (χ0) is 12.8. The topological polar surface area (TPSA) is 24.8 Å². The van der Waals surface area contributed by atoms with Crippen molar-refractivity contribution in [1.82, 2.24) is 4.90 Å². The Kier molecular flexibility index (Phi) is 5.01. The third-order valence-electron chi connectivity index (χ3n) is 2.69. The van der Waals surface area contributed by atoms with E-state index >= 15 is 0 Å². The Morgan fingerprint density at radius 1 is 1.24 bits per heavy atom. The van der Waals surface area contributed by atoms with Crippen LogP contribution in [-0.4, -0.2) is 31.4 Å². The molecule has 0 atom stereocenters. The average molecular weight is 234 g/mol. The molecule has 0 bridgehead atoms. The van der Waals surface area contributed by atoms with Crippen molar-refractivity contribution in [3.63, 3.8) is 0 Å². The van der Waals surface area contributed by atoms with Crippen molar-refractivity contribution < 1.29 is 4.74 Å². The summed E-state index contributed by atoms with van der Waals surface area (Å²) in [6, 6.07) is 4.12. The lowest BCUT2D eigenvalue weighted by Gasteiger charge is -2.11. The molecular formula is C14H22N2O. The van der Waals surface area contributed by atoms with E-state index < -0.39 is 0 Å². The number of benzene rings is 1. The number of aliphatic imine (C=N–C) groups is 1. The normalized spacial score (nSPS) is 10.9. The number of ether oxygens (including phenoxy) is 1. The molecule has 0 aliphatic carbocycles. The molecule has 0 spiro atoms. The van der Waals surface area contributed by atoms with Crippen molar-refractivity contribution in [2.24, 2.45) is 4.99 Å². The van der Waals surface area contributed by atoms with Crippen LogP contribution in [0, 0.1) is 13.8 Å². The van der Waals surface area contributed by atoms with Crippen molar-refractivity contribution >= 4 is 12.0 Å². The molecule has 0 saturated carbocycles. The van der Waals surface area contributed by atoms with E-state index in [1.165, 1.54) is 0 Å². The maximum atomic E-state index is 5.56. The average Bonchev–Trinajstić information content (AvgIpc) is 2.31. The molecule has 0 N–H and O–H groups in total. The Hall–Kier alpha value is -1.51. The lowest BCUT2D eigenvalue weighted by molar-refractivity contribution is 0.337. The minimum Gasteiger partial charge on any atom is -0.494 e. The molecule has 1 aromatic carbocycles. The third-order valence-corrected chi connectivity index (χ3v) is 2.69. The second-order valence-corrected chi connectivity index (χ2v) is 4.16. The monoisotopic (exact) mass is 234 g/mol. The lowest BCUT2D eigenvalue weighted by atomic mass is 10.1. The summed E-state index contributed by atoms with van der Waals surface area (Å²) in [6.45, 7) is 9.85. The van der Waals surface area contributed by atoms with Crippen molar-refractivity contribution in [1.29, 1.82) is 0 Å². The van der Waals surface area contributed by atoms with Gasteiger partial charge in [0.05, 0.1) is 18.6 Å². The smallest absolute Gasteiger partial charge is 0.122 e. The quantitative estimate of drug-likeness (QED) is 0.576. The van der Waals surface area contributed by atoms with Crippen molar-refractivity contribution in [2.45, 2.75) is 27.7 Å². The van der Waals surface area contributed by atoms with Crippen LogP contribution in [0.2, 0.25) is 0 Å². The summed E-state index contributed by atoms with van der Waals surface area (Å²) < 4.78 is 5.56. The molecule has 1 aromatic rings. The summed E-state index contributed by atoms with van der Waals surface area (Å²) in [5, 5.41) is 0. The minimum absolute atomic E-state index is 0.696. The van der Waals surface area contributed by atoms with Crippen LogP contribution in [0.25, 0.3) is 0 Å². The van der Waals surface area contributed by atoms with Crippen LogP contribution in [0.5, 0.6) is 5.75 Å². The molecule has 94 valence electrons. The highest BCUT2D eigenvalue weighted by Crippen LogP contribution is 2.27. The molecule has 0 heterocycles. The lowest BCUT2D eigenvalue weighted by Crippen LogP contribution is -2.14. The highest BCUT2D eigenvalue weighted by molar-refractivity contribution is 5.64. The molecule has 0 unspecified atom stereocenters. The molecule has 0 radical (unpaired) electrons. The molecule has 0 aromatic heterocycles. The predicted molar refractivity (Wildman–Crippen MR) is 73.5 cm³/mol. The highest BCUT2D eigenvalue weighted by atomic mass is 16.5. The van der Waals surface area contributed by atoms with Gasteiger partial charge in [0.15, 0.2) is 0 Å². The first-order valence-corrected chi connectivity index (χ1v) is 6.07. The maximum Gasteiger partial charge on any atom is 0.122 e. The Labute approximate surface area is 104 Å². The van der Waals surface area contributed by atoms with Gasteiger partial charge in [0.2, 0.25) is 0 Å². The Morgan fingerprint density at radius 2 is 1.94 bits per heavy atom. The van der Waals surface area contributed by atoms with Gasteiger partial charge in [-0.2, -0.15) is 0 Å². The van der Waals surface area contributed by atoms with Crippen molar-refractivity contribution in [3.05, 3.63) is 23.3 Å². The van der Waals surface area contributed by atoms with E-state index in [4.69, 9.17) is 4.74 Å². The predicted octanol–water partition coefficient (Wildman–Crippen LogP) is 3.31. The van der Waals surface area contributed by atoms with Gasteiger partial charge in [-0.15, -0.1) is 0 Å². The van der Waals surface area contributed by atoms with Crippen LogP contribution < -0.4 is 4.74 Å². The summed E-state index contributed by atoms with van der Waals surface area (Å²) in [4.78, 5) is 6.53. The van der Waals surface area contributed by atoms with Crippen LogP contribution in [0.15, 0.2) is 17.1 Å². The van der Waals surface area contributed by atoms with Crippen LogP contribution in [-0.2, 0) is 0 Å². The van der Waals surface area contributed by atoms with E-state index in [1.54, 1.807) is 0 Å². The van der Waals surface area contributed by atoms with E-state index in [9.17, 15) is 0 Å². The second kappa shape index (κ2) is 6.28. The Bertz CT molecular complexity index is 399. The zero-order valence-electron chi connectivity index (χ0n) is 11.4. The van der Waals surface area contributed by atoms with Crippen LogP contribution in [0.3, 0.4) is 0 Å². The summed E-state index contributed by atoms with van der Waals surface area (Å²) >= 11 is 0. The van der Waals surface area contributed by atoms with Gasteiger partial charge in [-0.25, -0.2) is 4.99 Å². The first-order valence-electron chi connectivity index (χ1n) is 6.07. The second-order valence-electron chi connectivity index (χ2n) is 4.16. The zero-order valence-corrected chi connectivity index (χ0v) is 11.4. The molecule has 0 aliphatic heterocycles. The van der Waals surface area contributed by atoms with Gasteiger partial charge in [-0.3, -0.25) is 0 Å². The largest absolute Gasteiger partial charge is 0.494 e. The van der Waals surface area contributed by atoms with E-state index in [0.29, 0.717) is 6.61 Å². The first kappa shape index (κ1) is 13.6. The fourth-order valence-corrected chi connectivity index (χ4v) is 1.47. The molecule has 0 aliphatic rings. The first-order chi connectivity index (χ1) is 8.08. The molecule has 0 amide bonds. The molecule has 0 fully saturated rings. The summed E-state index contributed by atoms with van der Waals surface area (Å²) in [7, 11) is 2.01. The van der Waals surface area contributed by atoms with Gasteiger partial charge in [-0.05, 0) is 51.0 Å². The van der Waals surface area contributed by atoms with Gasteiger partial charge in [0.1, 0.15) is 5.75 Å². The molecular weight excluding hydrogens is 212 g/mol. The van der Waals surface area contributed by atoms with Gasteiger partial charge < -0.3 is 9.64 Å². The van der Waals surface area contributed by atoms with Crippen molar-refractivity contribution in [3.8, 4) is 5.75 Å². The van der Waals surface area contributed by atoms with Crippen LogP contribution in [0.1, 0.15) is 25.0 Å². The van der Waals surface area contributed by atoms with E-state index in [-0.39, 0.29) is 0 Å². The van der Waals surface area contributed by atoms with E-state index in [1.807, 2.05) is 32.1 Å². The van der Waals surface area contributed by atoms with Crippen LogP contribution >= 0.6 is 0 Å². The number of hydrogen-bond donors (Lipinski definition) is 0. The summed E-state index contributed by atoms with van der Waals surface area (Å²) in [5.41, 5.74) is 3.27. The summed E-state index contributed by atoms with van der Waals surface area (Å²) in [6.07, 6.45) is 1.86. The Morgan fingerprint density at radius 3 is 2.53 bits per heavy atom. The minimum atomic E-state index is 0.696. The fraction of sp³-hybridized carbons (Fsp3) is 0.500. The number of nitrogens with zero attached hydrogens (tertiary/aromatic N) is 2. The van der Waals surface area contributed by atoms with Gasteiger partial charge in [0.25, 0.3) is 0 Å². The maximum absolute atomic E-state index is 5.56. The molecule has 0 saturated heterocycles. The number of rotatable bonds is 5. The molecule has 17 heavy (non-hydrogen) atoms. The third kappa shape index (κ3) is 3.77. The van der Waals surface area contributed by atoms with Gasteiger partial charge in [-0.1, -0.05) is 0 Å². The molecule has 3 nitrogen and oxygen atoms in total. The SMILES string of the molecule is CCOc1cc(C)c(/N=C/N(C)CC)cc1C. The van der Waals surface area contributed by atoms with Gasteiger partial charge in [0, 0.05) is 13.6 Å². The summed E-state index contributed by atoms with van der Waals surface area (Å²) in [5.74, 6) is 0.952. The Balaban J connectivity index is 2.95.